The largest absolute Gasteiger partial charge is 0.309 e. The summed E-state index contributed by atoms with van der Waals surface area (Å²) in [6, 6.07) is 9.18. The van der Waals surface area contributed by atoms with Gasteiger partial charge in [-0.2, -0.15) is 5.10 Å². The number of aromatic nitrogens is 2. The molecule has 0 saturated carbocycles. The van der Waals surface area contributed by atoms with E-state index in [1.807, 2.05) is 52.8 Å². The number of ketones is 1. The van der Waals surface area contributed by atoms with Gasteiger partial charge < -0.3 is 5.32 Å². The molecule has 0 aliphatic carbocycles. The van der Waals surface area contributed by atoms with Crippen LogP contribution in [0.15, 0.2) is 30.3 Å². The summed E-state index contributed by atoms with van der Waals surface area (Å²) in [6.07, 6.45) is 0.288. The van der Waals surface area contributed by atoms with E-state index in [-0.39, 0.29) is 29.9 Å². The lowest BCUT2D eigenvalue weighted by Crippen LogP contribution is -2.17. The predicted octanol–water partition coefficient (Wildman–Crippen LogP) is 3.99. The van der Waals surface area contributed by atoms with Gasteiger partial charge in [0.25, 0.3) is 0 Å². The number of benzene rings is 1. The molecule has 1 heterocycles. The first kappa shape index (κ1) is 18.8. The molecule has 25 heavy (non-hydrogen) atoms. The van der Waals surface area contributed by atoms with Crippen molar-refractivity contribution in [3.63, 3.8) is 0 Å². The summed E-state index contributed by atoms with van der Waals surface area (Å²) in [5.74, 6) is 0.124. The molecule has 1 aromatic heterocycles. The second-order valence-corrected chi connectivity index (χ2v) is 7.32. The lowest BCUT2D eigenvalue weighted by molar-refractivity contribution is -0.116. The van der Waals surface area contributed by atoms with Crippen molar-refractivity contribution in [2.24, 2.45) is 0 Å². The molecule has 132 valence electrons. The predicted molar refractivity (Wildman–Crippen MR) is 98.8 cm³/mol. The average Bonchev–Trinajstić information content (AvgIpc) is 2.55. The molecule has 0 atom stereocenters. The van der Waals surface area contributed by atoms with E-state index in [9.17, 15) is 9.59 Å². The number of rotatable bonds is 5. The van der Waals surface area contributed by atoms with Gasteiger partial charge in [-0.25, -0.2) is 0 Å². The first-order chi connectivity index (χ1) is 11.7. The third-order valence-corrected chi connectivity index (χ3v) is 4.11. The summed E-state index contributed by atoms with van der Waals surface area (Å²) in [7, 11) is 0. The summed E-state index contributed by atoms with van der Waals surface area (Å²) in [4.78, 5) is 24.2. The Morgan fingerprint density at radius 1 is 0.960 bits per heavy atom. The van der Waals surface area contributed by atoms with E-state index in [1.54, 1.807) is 12.1 Å². The normalized spacial score (nSPS) is 11.2. The van der Waals surface area contributed by atoms with Gasteiger partial charge in [-0.05, 0) is 43.2 Å². The van der Waals surface area contributed by atoms with Crippen molar-refractivity contribution in [1.82, 2.24) is 10.2 Å². The number of anilines is 1. The fourth-order valence-corrected chi connectivity index (χ4v) is 2.29. The molecule has 2 rings (SSSR count). The van der Waals surface area contributed by atoms with Crippen LogP contribution >= 0.6 is 0 Å². The summed E-state index contributed by atoms with van der Waals surface area (Å²) in [5, 5.41) is 10.8. The smallest absolute Gasteiger partial charge is 0.226 e. The van der Waals surface area contributed by atoms with Crippen LogP contribution in [0.25, 0.3) is 0 Å². The summed E-state index contributed by atoms with van der Waals surface area (Å²) in [5.41, 5.74) is 3.63. The fourth-order valence-electron chi connectivity index (χ4n) is 2.29. The van der Waals surface area contributed by atoms with Crippen LogP contribution in [0.3, 0.4) is 0 Å². The van der Waals surface area contributed by atoms with E-state index in [4.69, 9.17) is 0 Å². The zero-order valence-corrected chi connectivity index (χ0v) is 15.5. The quantitative estimate of drug-likeness (QED) is 0.836. The van der Waals surface area contributed by atoms with Gasteiger partial charge in [-0.15, -0.1) is 5.10 Å². The minimum absolute atomic E-state index is 0.0348. The summed E-state index contributed by atoms with van der Waals surface area (Å²) < 4.78 is 0. The maximum absolute atomic E-state index is 12.2. The van der Waals surface area contributed by atoms with Crippen LogP contribution in [-0.4, -0.2) is 21.9 Å². The minimum Gasteiger partial charge on any atom is -0.309 e. The van der Waals surface area contributed by atoms with Crippen molar-refractivity contribution in [2.45, 2.75) is 52.9 Å². The highest BCUT2D eigenvalue weighted by Gasteiger charge is 2.16. The van der Waals surface area contributed by atoms with E-state index in [1.165, 1.54) is 0 Å². The van der Waals surface area contributed by atoms with Gasteiger partial charge in [-0.3, -0.25) is 9.59 Å². The van der Waals surface area contributed by atoms with Crippen LogP contribution in [0.4, 0.5) is 5.82 Å². The Kier molecular flexibility index (Phi) is 5.67. The highest BCUT2D eigenvalue weighted by molar-refractivity contribution is 5.99. The van der Waals surface area contributed by atoms with E-state index < -0.39 is 0 Å². The van der Waals surface area contributed by atoms with Crippen molar-refractivity contribution in [2.75, 3.05) is 5.32 Å². The third kappa shape index (κ3) is 5.21. The highest BCUT2D eigenvalue weighted by atomic mass is 16.2. The minimum atomic E-state index is -0.241. The molecule has 1 amide bonds. The van der Waals surface area contributed by atoms with Crippen molar-refractivity contribution < 1.29 is 9.59 Å². The molecule has 0 saturated heterocycles. The van der Waals surface area contributed by atoms with Gasteiger partial charge in [0, 0.05) is 23.8 Å². The van der Waals surface area contributed by atoms with Crippen molar-refractivity contribution in [1.29, 1.82) is 0 Å². The first-order valence-electron chi connectivity index (χ1n) is 8.41. The second kappa shape index (κ2) is 7.55. The van der Waals surface area contributed by atoms with Gasteiger partial charge in [0.1, 0.15) is 0 Å². The molecule has 0 aliphatic rings. The fraction of sp³-hybridized carbons (Fsp3) is 0.400. The molecular weight excluding hydrogens is 314 g/mol. The Morgan fingerprint density at radius 2 is 1.68 bits per heavy atom. The van der Waals surface area contributed by atoms with Gasteiger partial charge >= 0.3 is 0 Å². The topological polar surface area (TPSA) is 72.0 Å². The monoisotopic (exact) mass is 339 g/mol. The number of carbonyl (C=O) groups excluding carboxylic acids is 2. The maximum Gasteiger partial charge on any atom is 0.226 e. The van der Waals surface area contributed by atoms with Crippen LogP contribution in [0, 0.1) is 13.8 Å². The van der Waals surface area contributed by atoms with Crippen LogP contribution in [0.1, 0.15) is 60.8 Å². The summed E-state index contributed by atoms with van der Waals surface area (Å²) in [6.45, 7) is 10.1. The number of hydrogen-bond donors (Lipinski definition) is 1. The van der Waals surface area contributed by atoms with Gasteiger partial charge in [-0.1, -0.05) is 32.9 Å². The number of nitrogens with one attached hydrogen (secondary N) is 1. The lowest BCUT2D eigenvalue weighted by atomic mass is 9.92. The lowest BCUT2D eigenvalue weighted by Gasteiger charge is -2.16. The van der Waals surface area contributed by atoms with E-state index in [0.717, 1.165) is 16.8 Å². The molecule has 1 N–H and O–H groups in total. The average molecular weight is 339 g/mol. The maximum atomic E-state index is 12.2. The van der Waals surface area contributed by atoms with Crippen molar-refractivity contribution in [3.8, 4) is 0 Å². The molecule has 0 fully saturated rings. The number of nitrogens with zero attached hydrogens (tertiary/aromatic N) is 2. The second-order valence-electron chi connectivity index (χ2n) is 7.32. The number of Topliss-reactive ketones (excluding diaryl/α,β-unsaturated/α-hetero) is 1. The molecule has 0 radical (unpaired) electrons. The highest BCUT2D eigenvalue weighted by Crippen LogP contribution is 2.19. The Bertz CT molecular complexity index is 775. The van der Waals surface area contributed by atoms with Crippen LogP contribution < -0.4 is 5.32 Å². The van der Waals surface area contributed by atoms with Crippen LogP contribution in [0.2, 0.25) is 0 Å². The molecule has 0 unspecified atom stereocenters. The standard InChI is InChI=1S/C20H25N3O2/c1-13-6-7-15(12-14(13)2)16(24)8-11-19(25)21-18-10-9-17(22-23-18)20(3,4)5/h6-7,9-10,12H,8,11H2,1-5H3,(H,21,23,25). The molecule has 5 nitrogen and oxygen atoms in total. The van der Waals surface area contributed by atoms with Crippen molar-refractivity contribution in [3.05, 3.63) is 52.7 Å². The molecule has 0 bridgehead atoms. The zero-order valence-electron chi connectivity index (χ0n) is 15.5. The van der Waals surface area contributed by atoms with Gasteiger partial charge in [0.15, 0.2) is 11.6 Å². The molecule has 5 heteroatoms. The van der Waals surface area contributed by atoms with Gasteiger partial charge in [0.2, 0.25) is 5.91 Å². The van der Waals surface area contributed by atoms with Crippen molar-refractivity contribution >= 4 is 17.5 Å². The third-order valence-electron chi connectivity index (χ3n) is 4.11. The Morgan fingerprint density at radius 3 is 2.24 bits per heavy atom. The number of hydrogen-bond acceptors (Lipinski definition) is 4. The molecule has 2 aromatic rings. The Balaban J connectivity index is 1.90. The molecule has 0 aliphatic heterocycles. The van der Waals surface area contributed by atoms with E-state index in [0.29, 0.717) is 11.4 Å². The first-order valence-corrected chi connectivity index (χ1v) is 8.41. The Hall–Kier alpha value is -2.56. The summed E-state index contributed by atoms with van der Waals surface area (Å²) >= 11 is 0. The van der Waals surface area contributed by atoms with Crippen LogP contribution in [0.5, 0.6) is 0 Å². The molecule has 0 spiro atoms. The van der Waals surface area contributed by atoms with E-state index >= 15 is 0 Å². The SMILES string of the molecule is Cc1ccc(C(=O)CCC(=O)Nc2ccc(C(C)(C)C)nn2)cc1C. The number of aryl methyl sites for hydroxylation is 2. The Labute approximate surface area is 148 Å². The number of carbonyl (C=O) groups is 2. The molecule has 1 aromatic carbocycles. The molecular formula is C20H25N3O2. The van der Waals surface area contributed by atoms with Gasteiger partial charge in [0.05, 0.1) is 5.69 Å². The van der Waals surface area contributed by atoms with E-state index in [2.05, 4.69) is 15.5 Å². The van der Waals surface area contributed by atoms with Crippen LogP contribution in [-0.2, 0) is 10.2 Å². The number of amides is 1. The zero-order chi connectivity index (χ0) is 18.6.